The zero-order valence-corrected chi connectivity index (χ0v) is 13.8. The van der Waals surface area contributed by atoms with Gasteiger partial charge in [-0.3, -0.25) is 0 Å². The van der Waals surface area contributed by atoms with E-state index in [9.17, 15) is 8.42 Å². The smallest absolute Gasteiger partial charge is 0.242 e. The number of hydrogen-bond donors (Lipinski definition) is 3. The van der Waals surface area contributed by atoms with Crippen LogP contribution in [0.1, 0.15) is 51.6 Å². The van der Waals surface area contributed by atoms with Crippen molar-refractivity contribution in [2.45, 2.75) is 63.4 Å². The van der Waals surface area contributed by atoms with Crippen LogP contribution in [0.5, 0.6) is 0 Å². The Morgan fingerprint density at radius 3 is 2.90 bits per heavy atom. The Balaban J connectivity index is 1.95. The molecule has 3 N–H and O–H groups in total. The van der Waals surface area contributed by atoms with Gasteiger partial charge >= 0.3 is 0 Å². The third-order valence-corrected chi connectivity index (χ3v) is 5.53. The number of aromatic amines is 1. The van der Waals surface area contributed by atoms with E-state index in [0.717, 1.165) is 37.9 Å². The Labute approximate surface area is 128 Å². The van der Waals surface area contributed by atoms with Gasteiger partial charge in [-0.2, -0.15) is 0 Å². The highest BCUT2D eigenvalue weighted by molar-refractivity contribution is 7.89. The minimum atomic E-state index is -3.40. The highest BCUT2D eigenvalue weighted by Gasteiger charge is 2.25. The molecule has 1 fully saturated rings. The fourth-order valence-electron chi connectivity index (χ4n) is 2.90. The standard InChI is InChI=1S/C15H27N3O2S/c1-3-7-16-10-14-9-15(11-17-14)21(19,20)18-13-6-4-5-12(2)8-13/h9,11-13,16-18H,3-8,10H2,1-2H3. The van der Waals surface area contributed by atoms with E-state index in [4.69, 9.17) is 0 Å². The van der Waals surface area contributed by atoms with Gasteiger partial charge in [0.1, 0.15) is 0 Å². The van der Waals surface area contributed by atoms with Gasteiger partial charge in [-0.1, -0.05) is 26.7 Å². The molecule has 0 spiro atoms. The van der Waals surface area contributed by atoms with Gasteiger partial charge in [0.05, 0.1) is 4.90 Å². The topological polar surface area (TPSA) is 74.0 Å². The molecule has 1 saturated carbocycles. The summed E-state index contributed by atoms with van der Waals surface area (Å²) in [6, 6.07) is 1.80. The lowest BCUT2D eigenvalue weighted by Gasteiger charge is -2.27. The average molecular weight is 313 g/mol. The number of H-pyrrole nitrogens is 1. The molecule has 21 heavy (non-hydrogen) atoms. The molecule has 1 aliphatic carbocycles. The zero-order chi connectivity index (χ0) is 15.3. The maximum absolute atomic E-state index is 12.4. The van der Waals surface area contributed by atoms with Crippen molar-refractivity contribution in [3.05, 3.63) is 18.0 Å². The monoisotopic (exact) mass is 313 g/mol. The van der Waals surface area contributed by atoms with Crippen LogP contribution in [-0.4, -0.2) is 26.0 Å². The van der Waals surface area contributed by atoms with Gasteiger partial charge in [-0.05, 0) is 37.8 Å². The molecule has 0 radical (unpaired) electrons. The zero-order valence-electron chi connectivity index (χ0n) is 13.0. The van der Waals surface area contributed by atoms with Crippen molar-refractivity contribution in [1.82, 2.24) is 15.0 Å². The van der Waals surface area contributed by atoms with E-state index < -0.39 is 10.0 Å². The van der Waals surface area contributed by atoms with Crippen molar-refractivity contribution in [2.75, 3.05) is 6.54 Å². The third kappa shape index (κ3) is 4.83. The van der Waals surface area contributed by atoms with E-state index >= 15 is 0 Å². The molecule has 1 aliphatic rings. The minimum absolute atomic E-state index is 0.0790. The van der Waals surface area contributed by atoms with Crippen LogP contribution in [-0.2, 0) is 16.6 Å². The van der Waals surface area contributed by atoms with Crippen LogP contribution in [0.4, 0.5) is 0 Å². The Morgan fingerprint density at radius 1 is 1.38 bits per heavy atom. The molecule has 1 aromatic heterocycles. The summed E-state index contributed by atoms with van der Waals surface area (Å²) in [5.74, 6) is 0.603. The molecule has 5 nitrogen and oxygen atoms in total. The average Bonchev–Trinajstić information content (AvgIpc) is 2.88. The van der Waals surface area contributed by atoms with E-state index in [1.807, 2.05) is 0 Å². The first-order chi connectivity index (χ1) is 10.0. The van der Waals surface area contributed by atoms with E-state index in [0.29, 0.717) is 17.4 Å². The lowest BCUT2D eigenvalue weighted by molar-refractivity contribution is 0.327. The quantitative estimate of drug-likeness (QED) is 0.677. The lowest BCUT2D eigenvalue weighted by Crippen LogP contribution is -2.37. The molecule has 6 heteroatoms. The van der Waals surface area contributed by atoms with Gasteiger partial charge in [-0.25, -0.2) is 13.1 Å². The molecule has 0 bridgehead atoms. The summed E-state index contributed by atoms with van der Waals surface area (Å²) in [5, 5.41) is 3.26. The van der Waals surface area contributed by atoms with Crippen molar-refractivity contribution in [2.24, 2.45) is 5.92 Å². The van der Waals surface area contributed by atoms with Crippen molar-refractivity contribution in [3.8, 4) is 0 Å². The summed E-state index contributed by atoms with van der Waals surface area (Å²) < 4.78 is 27.7. The van der Waals surface area contributed by atoms with Gasteiger partial charge in [0, 0.05) is 24.5 Å². The molecule has 1 heterocycles. The minimum Gasteiger partial charge on any atom is -0.363 e. The van der Waals surface area contributed by atoms with Gasteiger partial charge < -0.3 is 10.3 Å². The van der Waals surface area contributed by atoms with Crippen molar-refractivity contribution >= 4 is 10.0 Å². The first-order valence-corrected chi connectivity index (χ1v) is 9.40. The first-order valence-electron chi connectivity index (χ1n) is 7.91. The highest BCUT2D eigenvalue weighted by Crippen LogP contribution is 2.25. The van der Waals surface area contributed by atoms with E-state index in [1.165, 1.54) is 6.42 Å². The maximum Gasteiger partial charge on any atom is 0.242 e. The van der Waals surface area contributed by atoms with Crippen molar-refractivity contribution < 1.29 is 8.42 Å². The van der Waals surface area contributed by atoms with Gasteiger partial charge in [0.25, 0.3) is 0 Å². The van der Waals surface area contributed by atoms with Crippen LogP contribution in [0.15, 0.2) is 17.2 Å². The number of hydrogen-bond acceptors (Lipinski definition) is 3. The molecule has 0 amide bonds. The Kier molecular flexibility index (Phi) is 5.84. The number of sulfonamides is 1. The van der Waals surface area contributed by atoms with Crippen LogP contribution in [0.2, 0.25) is 0 Å². The van der Waals surface area contributed by atoms with Crippen molar-refractivity contribution in [1.29, 1.82) is 0 Å². The number of nitrogens with one attached hydrogen (secondary N) is 3. The molecule has 2 rings (SSSR count). The summed E-state index contributed by atoms with van der Waals surface area (Å²) in [7, 11) is -3.40. The molecule has 2 atom stereocenters. The van der Waals surface area contributed by atoms with Crippen LogP contribution in [0.3, 0.4) is 0 Å². The van der Waals surface area contributed by atoms with Crippen LogP contribution in [0.25, 0.3) is 0 Å². The van der Waals surface area contributed by atoms with Crippen LogP contribution < -0.4 is 10.0 Å². The Hall–Kier alpha value is -0.850. The Morgan fingerprint density at radius 2 is 2.19 bits per heavy atom. The molecular weight excluding hydrogens is 286 g/mol. The summed E-state index contributed by atoms with van der Waals surface area (Å²) in [6.45, 7) is 5.89. The summed E-state index contributed by atoms with van der Waals surface area (Å²) in [5.41, 5.74) is 0.904. The predicted molar refractivity (Wildman–Crippen MR) is 84.5 cm³/mol. The predicted octanol–water partition coefficient (Wildman–Crippen LogP) is 2.37. The molecule has 1 aromatic rings. The molecular formula is C15H27N3O2S. The van der Waals surface area contributed by atoms with Gasteiger partial charge in [-0.15, -0.1) is 0 Å². The summed E-state index contributed by atoms with van der Waals surface area (Å²) >= 11 is 0. The maximum atomic E-state index is 12.4. The second-order valence-electron chi connectivity index (χ2n) is 6.13. The molecule has 0 aliphatic heterocycles. The van der Waals surface area contributed by atoms with E-state index in [-0.39, 0.29) is 6.04 Å². The second kappa shape index (κ2) is 7.42. The van der Waals surface area contributed by atoms with Crippen LogP contribution in [0, 0.1) is 5.92 Å². The molecule has 0 saturated heterocycles. The summed E-state index contributed by atoms with van der Waals surface area (Å²) in [4.78, 5) is 3.38. The third-order valence-electron chi connectivity index (χ3n) is 4.03. The highest BCUT2D eigenvalue weighted by atomic mass is 32.2. The van der Waals surface area contributed by atoms with Gasteiger partial charge in [0.2, 0.25) is 10.0 Å². The summed E-state index contributed by atoms with van der Waals surface area (Å²) in [6.07, 6.45) is 6.83. The first kappa shape index (κ1) is 16.5. The SMILES string of the molecule is CCCNCc1cc(S(=O)(=O)NC2CCCC(C)C2)c[nH]1. The fraction of sp³-hybridized carbons (Fsp3) is 0.733. The Bertz CT molecular complexity index is 539. The molecule has 120 valence electrons. The normalized spacial score (nSPS) is 23.3. The van der Waals surface area contributed by atoms with E-state index in [1.54, 1.807) is 12.3 Å². The van der Waals surface area contributed by atoms with E-state index in [2.05, 4.69) is 28.9 Å². The van der Waals surface area contributed by atoms with Crippen molar-refractivity contribution in [3.63, 3.8) is 0 Å². The fourth-order valence-corrected chi connectivity index (χ4v) is 4.21. The number of aromatic nitrogens is 1. The number of rotatable bonds is 7. The lowest BCUT2D eigenvalue weighted by atomic mass is 9.88. The van der Waals surface area contributed by atoms with Gasteiger partial charge in [0.15, 0.2) is 0 Å². The molecule has 0 aromatic carbocycles. The second-order valence-corrected chi connectivity index (χ2v) is 7.84. The van der Waals surface area contributed by atoms with Crippen LogP contribution >= 0.6 is 0 Å². The largest absolute Gasteiger partial charge is 0.363 e. The molecule has 2 unspecified atom stereocenters.